The van der Waals surface area contributed by atoms with Crippen LogP contribution in [0.25, 0.3) is 0 Å². The lowest BCUT2D eigenvalue weighted by molar-refractivity contribution is -0.137. The maximum absolute atomic E-state index is 14.0. The van der Waals surface area contributed by atoms with Crippen molar-refractivity contribution < 1.29 is 36.4 Å². The minimum atomic E-state index is -4.85. The summed E-state index contributed by atoms with van der Waals surface area (Å²) in [5.74, 6) is -3.79. The van der Waals surface area contributed by atoms with E-state index in [4.69, 9.17) is 4.42 Å². The van der Waals surface area contributed by atoms with Gasteiger partial charge in [-0.25, -0.2) is 4.39 Å². The molecule has 0 bridgehead atoms. The van der Waals surface area contributed by atoms with Crippen LogP contribution in [0.5, 0.6) is 0 Å². The van der Waals surface area contributed by atoms with Crippen molar-refractivity contribution in [3.05, 3.63) is 78.0 Å². The fourth-order valence-electron chi connectivity index (χ4n) is 3.59. The monoisotopic (exact) mass is 475 g/mol. The molecule has 1 aliphatic rings. The third-order valence-corrected chi connectivity index (χ3v) is 5.22. The normalized spacial score (nSPS) is 15.9. The van der Waals surface area contributed by atoms with Crippen molar-refractivity contribution in [2.45, 2.75) is 12.6 Å². The van der Waals surface area contributed by atoms with E-state index in [0.29, 0.717) is 6.07 Å². The zero-order valence-corrected chi connectivity index (χ0v) is 17.4. The van der Waals surface area contributed by atoms with Crippen LogP contribution in [0.15, 0.2) is 65.3 Å². The Balaban J connectivity index is 1.51. The van der Waals surface area contributed by atoms with Gasteiger partial charge in [-0.05, 0) is 42.5 Å². The summed E-state index contributed by atoms with van der Waals surface area (Å²) < 4.78 is 60.0. The van der Waals surface area contributed by atoms with Crippen LogP contribution in [0.4, 0.5) is 34.6 Å². The second-order valence-electron chi connectivity index (χ2n) is 7.54. The van der Waals surface area contributed by atoms with Crippen LogP contribution in [0.2, 0.25) is 0 Å². The van der Waals surface area contributed by atoms with Crippen molar-refractivity contribution in [2.24, 2.45) is 5.92 Å². The zero-order chi connectivity index (χ0) is 24.5. The molecule has 1 fully saturated rings. The number of alkyl halides is 3. The van der Waals surface area contributed by atoms with E-state index in [1.54, 1.807) is 0 Å². The molecule has 7 nitrogen and oxygen atoms in total. The molecule has 4 rings (SSSR count). The number of rotatable bonds is 5. The fourth-order valence-corrected chi connectivity index (χ4v) is 3.59. The number of hydrogen-bond donors (Lipinski definition) is 2. The summed E-state index contributed by atoms with van der Waals surface area (Å²) in [6, 6.07) is 11.2. The van der Waals surface area contributed by atoms with E-state index in [2.05, 4.69) is 10.6 Å². The average molecular weight is 475 g/mol. The molecule has 2 N–H and O–H groups in total. The Morgan fingerprint density at radius 1 is 1.03 bits per heavy atom. The molecule has 3 aromatic rings. The predicted molar refractivity (Wildman–Crippen MR) is 114 cm³/mol. The van der Waals surface area contributed by atoms with Gasteiger partial charge in [0.2, 0.25) is 11.8 Å². The molecule has 2 heterocycles. The maximum Gasteiger partial charge on any atom is 0.418 e. The van der Waals surface area contributed by atoms with E-state index in [1.165, 1.54) is 42.7 Å². The predicted octanol–water partition coefficient (Wildman–Crippen LogP) is 4.68. The van der Waals surface area contributed by atoms with E-state index in [-0.39, 0.29) is 30.1 Å². The maximum atomic E-state index is 14.0. The van der Waals surface area contributed by atoms with Gasteiger partial charge in [0.1, 0.15) is 5.82 Å². The van der Waals surface area contributed by atoms with E-state index in [0.717, 1.165) is 17.0 Å². The lowest BCUT2D eigenvalue weighted by Gasteiger charge is -2.19. The molecule has 2 aromatic carbocycles. The minimum absolute atomic E-state index is 0.00423. The van der Waals surface area contributed by atoms with Crippen LogP contribution in [-0.4, -0.2) is 24.3 Å². The van der Waals surface area contributed by atoms with Crippen LogP contribution < -0.4 is 15.5 Å². The number of para-hydroxylation sites is 1. The molecule has 1 unspecified atom stereocenters. The highest BCUT2D eigenvalue weighted by Crippen LogP contribution is 2.37. The van der Waals surface area contributed by atoms with Crippen molar-refractivity contribution in [3.8, 4) is 0 Å². The Morgan fingerprint density at radius 3 is 2.47 bits per heavy atom. The quantitative estimate of drug-likeness (QED) is 0.525. The van der Waals surface area contributed by atoms with Crippen molar-refractivity contribution in [1.82, 2.24) is 0 Å². The van der Waals surface area contributed by atoms with Crippen molar-refractivity contribution in [3.63, 3.8) is 0 Å². The van der Waals surface area contributed by atoms with Crippen molar-refractivity contribution >= 4 is 34.8 Å². The Hall–Kier alpha value is -4.15. The first kappa shape index (κ1) is 23.0. The molecule has 3 amide bonds. The smallest absolute Gasteiger partial charge is 0.418 e. The molecule has 1 atom stereocenters. The van der Waals surface area contributed by atoms with E-state index in [1.807, 2.05) is 0 Å². The highest BCUT2D eigenvalue weighted by Gasteiger charge is 2.38. The number of benzene rings is 2. The first-order valence-corrected chi connectivity index (χ1v) is 10.1. The molecule has 11 heteroatoms. The lowest BCUT2D eigenvalue weighted by Crippen LogP contribution is -2.29. The molecule has 1 aromatic heterocycles. The summed E-state index contributed by atoms with van der Waals surface area (Å²) in [5, 5.41) is 4.51. The summed E-state index contributed by atoms with van der Waals surface area (Å²) in [4.78, 5) is 38.2. The number of hydrogen-bond acceptors (Lipinski definition) is 4. The van der Waals surface area contributed by atoms with Gasteiger partial charge in [-0.15, -0.1) is 0 Å². The van der Waals surface area contributed by atoms with Crippen LogP contribution >= 0.6 is 0 Å². The second kappa shape index (κ2) is 9.00. The third kappa shape index (κ3) is 4.77. The summed E-state index contributed by atoms with van der Waals surface area (Å²) in [7, 11) is 0. The average Bonchev–Trinajstić information content (AvgIpc) is 3.45. The minimum Gasteiger partial charge on any atom is -0.459 e. The molecule has 0 radical (unpaired) electrons. The first-order valence-electron chi connectivity index (χ1n) is 10.1. The first-order chi connectivity index (χ1) is 16.1. The largest absolute Gasteiger partial charge is 0.459 e. The number of carbonyl (C=O) groups is 3. The number of amides is 3. The molecule has 1 aliphatic heterocycles. The molecule has 176 valence electrons. The van der Waals surface area contributed by atoms with Crippen LogP contribution in [0.1, 0.15) is 22.5 Å². The van der Waals surface area contributed by atoms with Crippen molar-refractivity contribution in [1.29, 1.82) is 0 Å². The highest BCUT2D eigenvalue weighted by molar-refractivity contribution is 6.04. The zero-order valence-electron chi connectivity index (χ0n) is 17.4. The van der Waals surface area contributed by atoms with Gasteiger partial charge in [-0.3, -0.25) is 14.4 Å². The molecular formula is C23H17F4N3O4. The number of nitrogens with one attached hydrogen (secondary N) is 2. The number of carbonyl (C=O) groups excluding carboxylic acids is 3. The van der Waals surface area contributed by atoms with Crippen LogP contribution in [-0.2, 0) is 15.8 Å². The Labute approximate surface area is 190 Å². The van der Waals surface area contributed by atoms with E-state index < -0.39 is 46.9 Å². The molecule has 34 heavy (non-hydrogen) atoms. The molecule has 0 aliphatic carbocycles. The van der Waals surface area contributed by atoms with Gasteiger partial charge >= 0.3 is 6.18 Å². The van der Waals surface area contributed by atoms with Gasteiger partial charge in [0, 0.05) is 18.7 Å². The number of halogens is 4. The fraction of sp³-hybridized carbons (Fsp3) is 0.174. The third-order valence-electron chi connectivity index (χ3n) is 5.22. The standard InChI is InChI=1S/C23H17F4N3O4/c24-16-4-1-2-5-18(16)30-12-13(10-20(30)31)21(32)29-17-8-7-14(11-15(17)23(25,26)27)28-22(33)19-6-3-9-34-19/h1-9,11,13H,10,12H2,(H,28,33)(H,29,32). The molecule has 0 saturated carbocycles. The Bertz CT molecular complexity index is 1240. The lowest BCUT2D eigenvalue weighted by atomic mass is 10.1. The van der Waals surface area contributed by atoms with Gasteiger partial charge in [0.05, 0.1) is 29.1 Å². The van der Waals surface area contributed by atoms with Crippen LogP contribution in [0.3, 0.4) is 0 Å². The molecule has 1 saturated heterocycles. The van der Waals surface area contributed by atoms with Gasteiger partial charge in [-0.2, -0.15) is 13.2 Å². The second-order valence-corrected chi connectivity index (χ2v) is 7.54. The summed E-state index contributed by atoms with van der Waals surface area (Å²) in [6.07, 6.45) is -3.88. The van der Waals surface area contributed by atoms with E-state index >= 15 is 0 Å². The van der Waals surface area contributed by atoms with Gasteiger partial charge in [-0.1, -0.05) is 12.1 Å². The number of nitrogens with zero attached hydrogens (tertiary/aromatic N) is 1. The SMILES string of the molecule is O=C(Nc1ccc(NC(=O)C2CC(=O)N(c3ccccc3F)C2)c(C(F)(F)F)c1)c1ccco1. The number of anilines is 3. The number of furan rings is 1. The summed E-state index contributed by atoms with van der Waals surface area (Å²) in [5.41, 5.74) is -1.89. The topological polar surface area (TPSA) is 91.7 Å². The summed E-state index contributed by atoms with van der Waals surface area (Å²) >= 11 is 0. The Kier molecular flexibility index (Phi) is 6.10. The van der Waals surface area contributed by atoms with Gasteiger partial charge in [0.25, 0.3) is 5.91 Å². The molecule has 0 spiro atoms. The molecular weight excluding hydrogens is 458 g/mol. The van der Waals surface area contributed by atoms with Crippen molar-refractivity contribution in [2.75, 3.05) is 22.1 Å². The summed E-state index contributed by atoms with van der Waals surface area (Å²) in [6.45, 7) is -0.176. The Morgan fingerprint density at radius 2 is 1.79 bits per heavy atom. The van der Waals surface area contributed by atoms with Gasteiger partial charge < -0.3 is 20.0 Å². The van der Waals surface area contributed by atoms with Crippen LogP contribution in [0, 0.1) is 11.7 Å². The highest BCUT2D eigenvalue weighted by atomic mass is 19.4. The van der Waals surface area contributed by atoms with E-state index in [9.17, 15) is 31.9 Å². The van der Waals surface area contributed by atoms with Gasteiger partial charge in [0.15, 0.2) is 5.76 Å².